The highest BCUT2D eigenvalue weighted by Gasteiger charge is 2.02. The molecule has 0 aromatic carbocycles. The van der Waals surface area contributed by atoms with Crippen molar-refractivity contribution in [1.82, 2.24) is 14.8 Å². The van der Waals surface area contributed by atoms with E-state index in [9.17, 15) is 0 Å². The Bertz CT molecular complexity index is 418. The van der Waals surface area contributed by atoms with Crippen LogP contribution in [0.3, 0.4) is 0 Å². The Morgan fingerprint density at radius 1 is 1.38 bits per heavy atom. The zero-order valence-electron chi connectivity index (χ0n) is 7.73. The van der Waals surface area contributed by atoms with Gasteiger partial charge in [-0.15, -0.1) is 0 Å². The number of aryl methyl sites for hydroxylation is 2. The summed E-state index contributed by atoms with van der Waals surface area (Å²) < 4.78 is 1.79. The summed E-state index contributed by atoms with van der Waals surface area (Å²) in [5.41, 5.74) is 3.30. The van der Waals surface area contributed by atoms with Gasteiger partial charge in [-0.25, -0.2) is 0 Å². The van der Waals surface area contributed by atoms with Crippen molar-refractivity contribution in [3.05, 3.63) is 36.4 Å². The van der Waals surface area contributed by atoms with Gasteiger partial charge in [0.1, 0.15) is 0 Å². The van der Waals surface area contributed by atoms with Crippen LogP contribution >= 0.6 is 0 Å². The molecule has 0 saturated heterocycles. The highest BCUT2D eigenvalue weighted by Crippen LogP contribution is 2.19. The van der Waals surface area contributed by atoms with E-state index >= 15 is 0 Å². The second kappa shape index (κ2) is 3.01. The molecule has 13 heavy (non-hydrogen) atoms. The van der Waals surface area contributed by atoms with Crippen LogP contribution in [0.5, 0.6) is 0 Å². The third-order valence-corrected chi connectivity index (χ3v) is 2.02. The molecule has 0 aliphatic carbocycles. The van der Waals surface area contributed by atoms with Crippen LogP contribution in [0.2, 0.25) is 0 Å². The molecule has 2 heterocycles. The van der Waals surface area contributed by atoms with Gasteiger partial charge in [-0.05, 0) is 13.0 Å². The van der Waals surface area contributed by atoms with Gasteiger partial charge in [0.05, 0.1) is 6.20 Å². The van der Waals surface area contributed by atoms with Crippen LogP contribution in [-0.4, -0.2) is 14.8 Å². The number of hydrogen-bond donors (Lipinski definition) is 0. The summed E-state index contributed by atoms with van der Waals surface area (Å²) >= 11 is 0. The van der Waals surface area contributed by atoms with Gasteiger partial charge in [-0.1, -0.05) is 6.07 Å². The normalized spacial score (nSPS) is 10.3. The Hall–Kier alpha value is -1.64. The van der Waals surface area contributed by atoms with E-state index in [0.29, 0.717) is 0 Å². The highest BCUT2D eigenvalue weighted by molar-refractivity contribution is 5.63. The predicted molar refractivity (Wildman–Crippen MR) is 51.2 cm³/mol. The second-order valence-corrected chi connectivity index (χ2v) is 3.04. The van der Waals surface area contributed by atoms with E-state index in [1.165, 1.54) is 0 Å². The summed E-state index contributed by atoms with van der Waals surface area (Å²) in [5.74, 6) is 0. The van der Waals surface area contributed by atoms with Crippen molar-refractivity contribution in [2.24, 2.45) is 7.05 Å². The number of pyridine rings is 1. The van der Waals surface area contributed by atoms with E-state index in [2.05, 4.69) is 16.1 Å². The van der Waals surface area contributed by atoms with Crippen molar-refractivity contribution in [1.29, 1.82) is 0 Å². The number of aromatic nitrogens is 3. The lowest BCUT2D eigenvalue weighted by molar-refractivity contribution is 0.768. The number of hydrogen-bond acceptors (Lipinski definition) is 2. The fourth-order valence-electron chi connectivity index (χ4n) is 1.35. The third kappa shape index (κ3) is 1.45. The summed E-state index contributed by atoms with van der Waals surface area (Å²) in [6, 6.07) is 3.99. The van der Waals surface area contributed by atoms with E-state index in [1.54, 1.807) is 10.9 Å². The third-order valence-electron chi connectivity index (χ3n) is 2.02. The van der Waals surface area contributed by atoms with Crippen LogP contribution in [-0.2, 0) is 7.05 Å². The lowest BCUT2D eigenvalue weighted by Crippen LogP contribution is -1.85. The van der Waals surface area contributed by atoms with Crippen molar-refractivity contribution in [3.63, 3.8) is 0 Å². The Balaban J connectivity index is 2.52. The minimum atomic E-state index is 1.04. The zero-order valence-corrected chi connectivity index (χ0v) is 7.73. The van der Waals surface area contributed by atoms with Crippen LogP contribution in [0.25, 0.3) is 11.1 Å². The quantitative estimate of drug-likeness (QED) is 0.658. The van der Waals surface area contributed by atoms with Crippen LogP contribution in [0, 0.1) is 6.92 Å². The molecular weight excluding hydrogens is 162 g/mol. The fraction of sp³-hybridized carbons (Fsp3) is 0.200. The van der Waals surface area contributed by atoms with Gasteiger partial charge in [-0.3, -0.25) is 9.67 Å². The molecule has 2 aromatic heterocycles. The standard InChI is InChI=1S/C10H11N3/c1-8-10(4-3-5-11-8)9-6-12-13(2)7-9/h3-7H,1-2H3. The molecule has 66 valence electrons. The minimum Gasteiger partial charge on any atom is -0.275 e. The molecule has 2 aromatic rings. The Morgan fingerprint density at radius 2 is 2.23 bits per heavy atom. The fourth-order valence-corrected chi connectivity index (χ4v) is 1.35. The van der Waals surface area contributed by atoms with Gasteiger partial charge >= 0.3 is 0 Å². The first-order valence-electron chi connectivity index (χ1n) is 4.18. The smallest absolute Gasteiger partial charge is 0.0568 e. The SMILES string of the molecule is Cc1ncccc1-c1cnn(C)c1. The first-order valence-corrected chi connectivity index (χ1v) is 4.18. The highest BCUT2D eigenvalue weighted by atomic mass is 15.2. The molecule has 3 nitrogen and oxygen atoms in total. The van der Waals surface area contributed by atoms with Crippen molar-refractivity contribution in [3.8, 4) is 11.1 Å². The van der Waals surface area contributed by atoms with E-state index in [0.717, 1.165) is 16.8 Å². The van der Waals surface area contributed by atoms with Crippen LogP contribution in [0.1, 0.15) is 5.69 Å². The molecule has 0 aliphatic rings. The minimum absolute atomic E-state index is 1.04. The zero-order chi connectivity index (χ0) is 9.26. The summed E-state index contributed by atoms with van der Waals surface area (Å²) in [6.45, 7) is 2.00. The second-order valence-electron chi connectivity index (χ2n) is 3.04. The molecule has 0 fully saturated rings. The van der Waals surface area contributed by atoms with Gasteiger partial charge in [0.15, 0.2) is 0 Å². The van der Waals surface area contributed by atoms with Crippen LogP contribution in [0.4, 0.5) is 0 Å². The Labute approximate surface area is 77.0 Å². The maximum atomic E-state index is 4.23. The van der Waals surface area contributed by atoms with Gasteiger partial charge in [0.25, 0.3) is 0 Å². The topological polar surface area (TPSA) is 30.7 Å². The van der Waals surface area contributed by atoms with Gasteiger partial charge in [-0.2, -0.15) is 5.10 Å². The lowest BCUT2D eigenvalue weighted by Gasteiger charge is -1.99. The van der Waals surface area contributed by atoms with E-state index in [-0.39, 0.29) is 0 Å². The summed E-state index contributed by atoms with van der Waals surface area (Å²) in [7, 11) is 1.91. The molecule has 2 rings (SSSR count). The van der Waals surface area contributed by atoms with Gasteiger partial charge < -0.3 is 0 Å². The monoisotopic (exact) mass is 173 g/mol. The predicted octanol–water partition coefficient (Wildman–Crippen LogP) is 1.79. The average Bonchev–Trinajstić information content (AvgIpc) is 2.53. The molecule has 0 aliphatic heterocycles. The van der Waals surface area contributed by atoms with Crippen molar-refractivity contribution >= 4 is 0 Å². The summed E-state index contributed by atoms with van der Waals surface area (Å²) in [4.78, 5) is 4.23. The van der Waals surface area contributed by atoms with E-state index in [1.807, 2.05) is 32.4 Å². The molecular formula is C10H11N3. The largest absolute Gasteiger partial charge is 0.275 e. The van der Waals surface area contributed by atoms with E-state index < -0.39 is 0 Å². The molecule has 0 radical (unpaired) electrons. The first-order chi connectivity index (χ1) is 6.27. The molecule has 0 amide bonds. The molecule has 0 atom stereocenters. The van der Waals surface area contributed by atoms with E-state index in [4.69, 9.17) is 0 Å². The molecule has 0 spiro atoms. The van der Waals surface area contributed by atoms with Crippen LogP contribution in [0.15, 0.2) is 30.7 Å². The summed E-state index contributed by atoms with van der Waals surface area (Å²) in [5, 5.41) is 4.12. The van der Waals surface area contributed by atoms with Crippen LogP contribution < -0.4 is 0 Å². The van der Waals surface area contributed by atoms with Crippen molar-refractivity contribution < 1.29 is 0 Å². The Kier molecular flexibility index (Phi) is 1.85. The molecule has 0 saturated carbocycles. The lowest BCUT2D eigenvalue weighted by atomic mass is 10.1. The van der Waals surface area contributed by atoms with Crippen molar-refractivity contribution in [2.75, 3.05) is 0 Å². The molecule has 0 unspecified atom stereocenters. The summed E-state index contributed by atoms with van der Waals surface area (Å²) in [6.07, 6.45) is 5.64. The van der Waals surface area contributed by atoms with Gasteiger partial charge in [0.2, 0.25) is 0 Å². The molecule has 0 N–H and O–H groups in total. The maximum Gasteiger partial charge on any atom is 0.0568 e. The Morgan fingerprint density at radius 3 is 2.85 bits per heavy atom. The molecule has 0 bridgehead atoms. The number of nitrogens with zero attached hydrogens (tertiary/aromatic N) is 3. The number of rotatable bonds is 1. The van der Waals surface area contributed by atoms with Gasteiger partial charge in [0, 0.05) is 36.3 Å². The van der Waals surface area contributed by atoms with Crippen molar-refractivity contribution in [2.45, 2.75) is 6.92 Å². The average molecular weight is 173 g/mol. The maximum absolute atomic E-state index is 4.23. The first kappa shape index (κ1) is 7.98. The molecule has 3 heteroatoms.